The Morgan fingerprint density at radius 1 is 1.53 bits per heavy atom. The second-order valence-corrected chi connectivity index (χ2v) is 5.11. The highest BCUT2D eigenvalue weighted by atomic mass is 79.9. The second kappa shape index (κ2) is 4.14. The number of rotatable bonds is 3. The summed E-state index contributed by atoms with van der Waals surface area (Å²) in [4.78, 5) is 0. The van der Waals surface area contributed by atoms with Gasteiger partial charge in [0.2, 0.25) is 0 Å². The fourth-order valence-corrected chi connectivity index (χ4v) is 2.63. The molecular formula is C12H16BrNO. The van der Waals surface area contributed by atoms with Gasteiger partial charge in [-0.25, -0.2) is 0 Å². The Morgan fingerprint density at radius 2 is 2.27 bits per heavy atom. The standard InChI is InChI=1S/C12H16BrNO/c1-7(14)9-6-10(9)11-5-8(15-2)3-4-12(11)13/h3-5,7,9-10H,6,14H2,1-2H3. The highest BCUT2D eigenvalue weighted by molar-refractivity contribution is 9.10. The van der Waals surface area contributed by atoms with E-state index in [9.17, 15) is 0 Å². The third-order valence-electron chi connectivity index (χ3n) is 3.12. The molecule has 2 nitrogen and oxygen atoms in total. The van der Waals surface area contributed by atoms with E-state index in [1.54, 1.807) is 7.11 Å². The van der Waals surface area contributed by atoms with Crippen molar-refractivity contribution in [3.63, 3.8) is 0 Å². The van der Waals surface area contributed by atoms with Gasteiger partial charge in [-0.15, -0.1) is 0 Å². The lowest BCUT2D eigenvalue weighted by molar-refractivity contribution is 0.414. The van der Waals surface area contributed by atoms with Crippen molar-refractivity contribution in [1.29, 1.82) is 0 Å². The average molecular weight is 270 g/mol. The molecule has 0 amide bonds. The van der Waals surface area contributed by atoms with E-state index in [0.717, 1.165) is 10.2 Å². The van der Waals surface area contributed by atoms with Crippen molar-refractivity contribution in [2.75, 3.05) is 7.11 Å². The van der Waals surface area contributed by atoms with Crippen LogP contribution in [0.5, 0.6) is 5.75 Å². The van der Waals surface area contributed by atoms with E-state index < -0.39 is 0 Å². The van der Waals surface area contributed by atoms with Crippen molar-refractivity contribution in [3.8, 4) is 5.75 Å². The van der Waals surface area contributed by atoms with Gasteiger partial charge in [0.05, 0.1) is 7.11 Å². The number of hydrogen-bond acceptors (Lipinski definition) is 2. The molecule has 2 rings (SSSR count). The normalized spacial score (nSPS) is 26.1. The Morgan fingerprint density at radius 3 is 2.80 bits per heavy atom. The van der Waals surface area contributed by atoms with Crippen LogP contribution in [0.25, 0.3) is 0 Å². The molecule has 0 saturated heterocycles. The third kappa shape index (κ3) is 2.18. The molecule has 2 N–H and O–H groups in total. The first-order chi connectivity index (χ1) is 7.13. The van der Waals surface area contributed by atoms with Gasteiger partial charge in [-0.2, -0.15) is 0 Å². The minimum absolute atomic E-state index is 0.285. The summed E-state index contributed by atoms with van der Waals surface area (Å²) >= 11 is 3.58. The van der Waals surface area contributed by atoms with Crippen molar-refractivity contribution in [2.24, 2.45) is 11.7 Å². The maximum Gasteiger partial charge on any atom is 0.119 e. The summed E-state index contributed by atoms with van der Waals surface area (Å²) in [5.41, 5.74) is 7.23. The van der Waals surface area contributed by atoms with Gasteiger partial charge in [0, 0.05) is 10.5 Å². The van der Waals surface area contributed by atoms with E-state index >= 15 is 0 Å². The first kappa shape index (κ1) is 11.0. The summed E-state index contributed by atoms with van der Waals surface area (Å²) in [5, 5.41) is 0. The maximum atomic E-state index is 5.90. The van der Waals surface area contributed by atoms with Crippen molar-refractivity contribution >= 4 is 15.9 Å². The number of methoxy groups -OCH3 is 1. The van der Waals surface area contributed by atoms with Crippen LogP contribution in [0.15, 0.2) is 22.7 Å². The lowest BCUT2D eigenvalue weighted by Crippen LogP contribution is -2.18. The molecule has 1 aromatic rings. The highest BCUT2D eigenvalue weighted by Gasteiger charge is 2.41. The summed E-state index contributed by atoms with van der Waals surface area (Å²) in [5.74, 6) is 2.16. The molecule has 15 heavy (non-hydrogen) atoms. The fraction of sp³-hybridized carbons (Fsp3) is 0.500. The third-order valence-corrected chi connectivity index (χ3v) is 3.84. The average Bonchev–Trinajstić information content (AvgIpc) is 2.98. The number of halogens is 1. The molecule has 0 radical (unpaired) electrons. The van der Waals surface area contributed by atoms with Crippen molar-refractivity contribution in [2.45, 2.75) is 25.3 Å². The molecule has 1 aliphatic carbocycles. The molecule has 0 heterocycles. The van der Waals surface area contributed by atoms with Crippen LogP contribution in [-0.2, 0) is 0 Å². The molecule has 3 heteroatoms. The zero-order valence-corrected chi connectivity index (χ0v) is 10.6. The lowest BCUT2D eigenvalue weighted by Gasteiger charge is -2.08. The topological polar surface area (TPSA) is 35.2 Å². The first-order valence-electron chi connectivity index (χ1n) is 5.22. The van der Waals surface area contributed by atoms with Crippen LogP contribution in [0, 0.1) is 5.92 Å². The van der Waals surface area contributed by atoms with E-state index in [2.05, 4.69) is 28.9 Å². The minimum Gasteiger partial charge on any atom is -0.497 e. The van der Waals surface area contributed by atoms with E-state index in [0.29, 0.717) is 11.8 Å². The lowest BCUT2D eigenvalue weighted by atomic mass is 10.1. The molecule has 1 aromatic carbocycles. The minimum atomic E-state index is 0.285. The van der Waals surface area contributed by atoms with Gasteiger partial charge in [-0.1, -0.05) is 15.9 Å². The van der Waals surface area contributed by atoms with Crippen LogP contribution in [0.1, 0.15) is 24.8 Å². The SMILES string of the molecule is COc1ccc(Br)c(C2CC2C(C)N)c1. The molecule has 3 unspecified atom stereocenters. The molecule has 82 valence electrons. The number of hydrogen-bond donors (Lipinski definition) is 1. The quantitative estimate of drug-likeness (QED) is 0.916. The predicted molar refractivity (Wildman–Crippen MR) is 65.2 cm³/mol. The van der Waals surface area contributed by atoms with Crippen molar-refractivity contribution < 1.29 is 4.74 Å². The molecule has 0 aromatic heterocycles. The Hall–Kier alpha value is -0.540. The van der Waals surface area contributed by atoms with E-state index in [1.807, 2.05) is 12.1 Å². The molecule has 1 aliphatic rings. The molecule has 1 fully saturated rings. The summed E-state index contributed by atoms with van der Waals surface area (Å²) < 4.78 is 6.39. The summed E-state index contributed by atoms with van der Waals surface area (Å²) in [6.45, 7) is 2.08. The van der Waals surface area contributed by atoms with E-state index in [-0.39, 0.29) is 6.04 Å². The molecule has 3 atom stereocenters. The summed E-state index contributed by atoms with van der Waals surface area (Å²) in [7, 11) is 1.70. The molecule has 1 saturated carbocycles. The van der Waals surface area contributed by atoms with Crippen LogP contribution in [0.3, 0.4) is 0 Å². The number of nitrogens with two attached hydrogens (primary N) is 1. The summed E-state index contributed by atoms with van der Waals surface area (Å²) in [6.07, 6.45) is 1.20. The Bertz CT molecular complexity index is 365. The zero-order chi connectivity index (χ0) is 11.0. The zero-order valence-electron chi connectivity index (χ0n) is 9.03. The predicted octanol–water partition coefficient (Wildman–Crippen LogP) is 2.91. The van der Waals surface area contributed by atoms with Crippen LogP contribution in [-0.4, -0.2) is 13.2 Å². The Balaban J connectivity index is 2.22. The van der Waals surface area contributed by atoms with Crippen LogP contribution >= 0.6 is 15.9 Å². The van der Waals surface area contributed by atoms with Gasteiger partial charge < -0.3 is 10.5 Å². The van der Waals surface area contributed by atoms with Crippen LogP contribution in [0.2, 0.25) is 0 Å². The van der Waals surface area contributed by atoms with Gasteiger partial charge in [0.25, 0.3) is 0 Å². The summed E-state index contributed by atoms with van der Waals surface area (Å²) in [6, 6.07) is 6.41. The Kier molecular flexibility index (Phi) is 3.03. The van der Waals surface area contributed by atoms with E-state index in [1.165, 1.54) is 12.0 Å². The smallest absolute Gasteiger partial charge is 0.119 e. The fourth-order valence-electron chi connectivity index (χ4n) is 2.09. The van der Waals surface area contributed by atoms with Crippen LogP contribution < -0.4 is 10.5 Å². The largest absolute Gasteiger partial charge is 0.497 e. The second-order valence-electron chi connectivity index (χ2n) is 4.25. The van der Waals surface area contributed by atoms with Crippen molar-refractivity contribution in [1.82, 2.24) is 0 Å². The molecule has 0 spiro atoms. The Labute approximate surface area is 98.9 Å². The highest BCUT2D eigenvalue weighted by Crippen LogP contribution is 2.51. The van der Waals surface area contributed by atoms with Gasteiger partial charge in [0.15, 0.2) is 0 Å². The van der Waals surface area contributed by atoms with Crippen LogP contribution in [0.4, 0.5) is 0 Å². The number of ether oxygens (including phenoxy) is 1. The molecule has 0 aliphatic heterocycles. The monoisotopic (exact) mass is 269 g/mol. The van der Waals surface area contributed by atoms with E-state index in [4.69, 9.17) is 10.5 Å². The molecule has 0 bridgehead atoms. The maximum absolute atomic E-state index is 5.90. The van der Waals surface area contributed by atoms with Gasteiger partial charge in [0.1, 0.15) is 5.75 Å². The van der Waals surface area contributed by atoms with Crippen molar-refractivity contribution in [3.05, 3.63) is 28.2 Å². The first-order valence-corrected chi connectivity index (χ1v) is 6.01. The van der Waals surface area contributed by atoms with Gasteiger partial charge in [-0.3, -0.25) is 0 Å². The van der Waals surface area contributed by atoms with Gasteiger partial charge >= 0.3 is 0 Å². The molecular weight excluding hydrogens is 254 g/mol. The van der Waals surface area contributed by atoms with Gasteiger partial charge in [-0.05, 0) is 48.9 Å². The number of benzene rings is 1.